The molecule has 0 bridgehead atoms. The first kappa shape index (κ1) is 9.55. The topological polar surface area (TPSA) is 44.0 Å². The summed E-state index contributed by atoms with van der Waals surface area (Å²) >= 11 is 0. The molecule has 0 unspecified atom stereocenters. The fourth-order valence-corrected chi connectivity index (χ4v) is 0.808. The Hall–Kier alpha value is -1.54. The minimum atomic E-state index is -1.65. The van der Waals surface area contributed by atoms with Gasteiger partial charge in [-0.05, 0) is 12.1 Å². The maximum absolute atomic E-state index is 12.5. The first-order valence-corrected chi connectivity index (χ1v) is 3.28. The smallest absolute Gasteiger partial charge is 0.194 e. The van der Waals surface area contributed by atoms with Crippen molar-refractivity contribution in [3.8, 4) is 6.07 Å². The van der Waals surface area contributed by atoms with E-state index in [1.54, 1.807) is 0 Å². The summed E-state index contributed by atoms with van der Waals surface area (Å²) in [6, 6.07) is 2.51. The number of aliphatic hydroxyl groups is 1. The number of nitriles is 1. The Morgan fingerprint density at radius 2 is 1.69 bits per heavy atom. The number of benzene rings is 1. The van der Waals surface area contributed by atoms with Crippen LogP contribution in [0.2, 0.25) is 0 Å². The third-order valence-corrected chi connectivity index (χ3v) is 1.44. The van der Waals surface area contributed by atoms with E-state index in [0.717, 1.165) is 0 Å². The molecule has 0 aromatic heterocycles. The molecular formula is C8H4F3NO. The second-order valence-corrected chi connectivity index (χ2v) is 2.33. The highest BCUT2D eigenvalue weighted by Gasteiger charge is 2.14. The zero-order valence-electron chi connectivity index (χ0n) is 6.26. The summed E-state index contributed by atoms with van der Waals surface area (Å²) < 4.78 is 37.4. The highest BCUT2D eigenvalue weighted by atomic mass is 19.2. The second kappa shape index (κ2) is 3.46. The molecule has 1 aromatic rings. The van der Waals surface area contributed by atoms with Gasteiger partial charge in [-0.25, -0.2) is 13.2 Å². The van der Waals surface area contributed by atoms with Crippen LogP contribution >= 0.6 is 0 Å². The molecule has 0 fully saturated rings. The molecule has 0 saturated carbocycles. The van der Waals surface area contributed by atoms with E-state index < -0.39 is 23.6 Å². The minimum absolute atomic E-state index is 0.307. The Balaban J connectivity index is 3.22. The monoisotopic (exact) mass is 187 g/mol. The van der Waals surface area contributed by atoms with Gasteiger partial charge in [0, 0.05) is 5.56 Å². The van der Waals surface area contributed by atoms with E-state index in [0.29, 0.717) is 12.1 Å². The van der Waals surface area contributed by atoms with Gasteiger partial charge < -0.3 is 5.11 Å². The molecule has 0 spiro atoms. The third kappa shape index (κ3) is 1.79. The lowest BCUT2D eigenvalue weighted by Crippen LogP contribution is -1.99. The van der Waals surface area contributed by atoms with Crippen molar-refractivity contribution < 1.29 is 18.3 Å². The van der Waals surface area contributed by atoms with Crippen molar-refractivity contribution in [2.45, 2.75) is 6.10 Å². The summed E-state index contributed by atoms with van der Waals surface area (Å²) in [4.78, 5) is 0. The van der Waals surface area contributed by atoms with Crippen molar-refractivity contribution in [2.75, 3.05) is 0 Å². The summed E-state index contributed by atoms with van der Waals surface area (Å²) in [5.41, 5.74) is -0.307. The number of halogens is 3. The quantitative estimate of drug-likeness (QED) is 0.536. The molecule has 1 N–H and O–H groups in total. The van der Waals surface area contributed by atoms with Crippen LogP contribution < -0.4 is 0 Å². The largest absolute Gasteiger partial charge is 0.374 e. The molecule has 0 saturated heterocycles. The lowest BCUT2D eigenvalue weighted by atomic mass is 10.1. The average molecular weight is 187 g/mol. The highest BCUT2D eigenvalue weighted by Crippen LogP contribution is 2.18. The maximum Gasteiger partial charge on any atom is 0.194 e. The lowest BCUT2D eigenvalue weighted by Gasteiger charge is -2.02. The Morgan fingerprint density at radius 1 is 1.23 bits per heavy atom. The van der Waals surface area contributed by atoms with Crippen molar-refractivity contribution in [1.29, 1.82) is 5.26 Å². The van der Waals surface area contributed by atoms with Gasteiger partial charge in [0.25, 0.3) is 0 Å². The minimum Gasteiger partial charge on any atom is -0.374 e. The van der Waals surface area contributed by atoms with Crippen LogP contribution in [0.5, 0.6) is 0 Å². The summed E-state index contributed by atoms with van der Waals surface area (Å²) in [5.74, 6) is -4.47. The molecule has 0 aliphatic rings. The Bertz CT molecular complexity index is 349. The van der Waals surface area contributed by atoms with Gasteiger partial charge in [-0.3, -0.25) is 0 Å². The molecule has 68 valence electrons. The zero-order chi connectivity index (χ0) is 10.0. The Labute approximate surface area is 71.8 Å². The molecule has 2 nitrogen and oxygen atoms in total. The van der Waals surface area contributed by atoms with Gasteiger partial charge in [-0.15, -0.1) is 0 Å². The van der Waals surface area contributed by atoms with Crippen molar-refractivity contribution in [1.82, 2.24) is 0 Å². The van der Waals surface area contributed by atoms with Crippen molar-refractivity contribution in [3.05, 3.63) is 35.1 Å². The highest BCUT2D eigenvalue weighted by molar-refractivity contribution is 5.24. The molecule has 1 aromatic carbocycles. The van der Waals surface area contributed by atoms with Crippen LogP contribution in [0.4, 0.5) is 13.2 Å². The summed E-state index contributed by atoms with van der Waals surface area (Å²) in [6.07, 6.45) is -1.65. The van der Waals surface area contributed by atoms with E-state index in [1.807, 2.05) is 0 Å². The predicted molar refractivity (Wildman–Crippen MR) is 36.9 cm³/mol. The first-order chi connectivity index (χ1) is 6.06. The third-order valence-electron chi connectivity index (χ3n) is 1.44. The summed E-state index contributed by atoms with van der Waals surface area (Å²) in [6.45, 7) is 0. The van der Waals surface area contributed by atoms with Gasteiger partial charge in [0.1, 0.15) is 0 Å². The maximum atomic E-state index is 12.5. The summed E-state index contributed by atoms with van der Waals surface area (Å²) in [5, 5.41) is 17.1. The molecular weight excluding hydrogens is 183 g/mol. The predicted octanol–water partition coefficient (Wildman–Crippen LogP) is 1.66. The van der Waals surface area contributed by atoms with E-state index in [4.69, 9.17) is 10.4 Å². The van der Waals surface area contributed by atoms with Crippen LogP contribution in [0.25, 0.3) is 0 Å². The van der Waals surface area contributed by atoms with Crippen molar-refractivity contribution >= 4 is 0 Å². The van der Waals surface area contributed by atoms with Crippen LogP contribution in [0.1, 0.15) is 11.7 Å². The number of hydrogen-bond acceptors (Lipinski definition) is 2. The van der Waals surface area contributed by atoms with Crippen LogP contribution in [0.3, 0.4) is 0 Å². The molecule has 0 radical (unpaired) electrons. The molecule has 0 amide bonds. The molecule has 1 rings (SSSR count). The van der Waals surface area contributed by atoms with E-state index in [2.05, 4.69) is 0 Å². The van der Waals surface area contributed by atoms with E-state index in [-0.39, 0.29) is 5.56 Å². The van der Waals surface area contributed by atoms with E-state index in [9.17, 15) is 13.2 Å². The van der Waals surface area contributed by atoms with Gasteiger partial charge >= 0.3 is 0 Å². The van der Waals surface area contributed by atoms with Crippen LogP contribution in [0.15, 0.2) is 12.1 Å². The SMILES string of the molecule is N#C[C@@H](O)c1cc(F)c(F)c(F)c1. The molecule has 5 heteroatoms. The number of hydrogen-bond donors (Lipinski definition) is 1. The van der Waals surface area contributed by atoms with Gasteiger partial charge in [0.15, 0.2) is 23.6 Å². The Morgan fingerprint density at radius 3 is 2.08 bits per heavy atom. The number of rotatable bonds is 1. The van der Waals surface area contributed by atoms with E-state index >= 15 is 0 Å². The second-order valence-electron chi connectivity index (χ2n) is 2.33. The van der Waals surface area contributed by atoms with Gasteiger partial charge in [0.2, 0.25) is 0 Å². The molecule has 0 aliphatic carbocycles. The average Bonchev–Trinajstić information content (AvgIpc) is 2.12. The standard InChI is InChI=1S/C8H4F3NO/c9-5-1-4(7(13)3-12)2-6(10)8(5)11/h1-2,7,13H/t7-/m1/s1. The fourth-order valence-electron chi connectivity index (χ4n) is 0.808. The number of aliphatic hydroxyl groups excluding tert-OH is 1. The van der Waals surface area contributed by atoms with Gasteiger partial charge in [0.05, 0.1) is 6.07 Å². The van der Waals surface area contributed by atoms with Crippen LogP contribution in [-0.2, 0) is 0 Å². The van der Waals surface area contributed by atoms with Crippen molar-refractivity contribution in [3.63, 3.8) is 0 Å². The Kier molecular flexibility index (Phi) is 2.54. The van der Waals surface area contributed by atoms with Gasteiger partial charge in [-0.1, -0.05) is 0 Å². The van der Waals surface area contributed by atoms with Crippen LogP contribution in [-0.4, -0.2) is 5.11 Å². The van der Waals surface area contributed by atoms with E-state index in [1.165, 1.54) is 6.07 Å². The molecule has 0 aliphatic heterocycles. The van der Waals surface area contributed by atoms with Gasteiger partial charge in [-0.2, -0.15) is 5.26 Å². The normalized spacial score (nSPS) is 12.2. The van der Waals surface area contributed by atoms with Crippen LogP contribution in [0, 0.1) is 28.8 Å². The zero-order valence-corrected chi connectivity index (χ0v) is 6.26. The fraction of sp³-hybridized carbons (Fsp3) is 0.125. The van der Waals surface area contributed by atoms with Crippen molar-refractivity contribution in [2.24, 2.45) is 0 Å². The molecule has 1 atom stereocenters. The first-order valence-electron chi connectivity index (χ1n) is 3.28. The molecule has 0 heterocycles. The lowest BCUT2D eigenvalue weighted by molar-refractivity contribution is 0.234. The number of nitrogens with zero attached hydrogens (tertiary/aromatic N) is 1. The molecule has 13 heavy (non-hydrogen) atoms. The summed E-state index contributed by atoms with van der Waals surface area (Å²) in [7, 11) is 0.